The van der Waals surface area contributed by atoms with E-state index >= 15 is 0 Å². The molecule has 2 atom stereocenters. The molecule has 0 spiro atoms. The van der Waals surface area contributed by atoms with Crippen molar-refractivity contribution in [3.8, 4) is 0 Å². The van der Waals surface area contributed by atoms with Crippen molar-refractivity contribution >= 4 is 5.91 Å². The van der Waals surface area contributed by atoms with Gasteiger partial charge in [-0.15, -0.1) is 0 Å². The number of aromatic nitrogens is 2. The van der Waals surface area contributed by atoms with E-state index in [1.807, 2.05) is 11.0 Å². The molecule has 5 heteroatoms. The van der Waals surface area contributed by atoms with E-state index in [1.54, 1.807) is 0 Å². The Morgan fingerprint density at radius 2 is 2.37 bits per heavy atom. The normalized spacial score (nSPS) is 23.9. The van der Waals surface area contributed by atoms with Crippen molar-refractivity contribution in [2.45, 2.75) is 45.6 Å². The molecule has 1 fully saturated rings. The zero-order valence-electron chi connectivity index (χ0n) is 12.0. The van der Waals surface area contributed by atoms with Crippen molar-refractivity contribution in [3.05, 3.63) is 17.5 Å². The smallest absolute Gasteiger partial charge is 0.274 e. The molecule has 1 amide bonds. The lowest BCUT2D eigenvalue weighted by Crippen LogP contribution is -2.49. The number of rotatable bonds is 3. The Bertz CT molecular complexity index is 440. The number of piperidine rings is 1. The number of carbonyl (C=O) groups is 1. The Balaban J connectivity index is 2.13. The van der Waals surface area contributed by atoms with Crippen LogP contribution in [0.2, 0.25) is 0 Å². The van der Waals surface area contributed by atoms with Crippen LogP contribution in [0.15, 0.2) is 6.07 Å². The summed E-state index contributed by atoms with van der Waals surface area (Å²) in [7, 11) is 0. The van der Waals surface area contributed by atoms with E-state index in [4.69, 9.17) is 5.73 Å². The number of H-pyrrole nitrogens is 1. The van der Waals surface area contributed by atoms with E-state index < -0.39 is 0 Å². The number of hydrogen-bond donors (Lipinski definition) is 2. The molecule has 0 bridgehead atoms. The highest BCUT2D eigenvalue weighted by molar-refractivity contribution is 5.92. The second kappa shape index (κ2) is 5.74. The third-order valence-corrected chi connectivity index (χ3v) is 3.95. The van der Waals surface area contributed by atoms with Crippen molar-refractivity contribution in [1.29, 1.82) is 0 Å². The quantitative estimate of drug-likeness (QED) is 0.873. The molecule has 0 saturated carbocycles. The fourth-order valence-electron chi connectivity index (χ4n) is 2.63. The molecular weight excluding hydrogens is 240 g/mol. The molecule has 0 radical (unpaired) electrons. The van der Waals surface area contributed by atoms with Crippen LogP contribution in [0.4, 0.5) is 0 Å². The van der Waals surface area contributed by atoms with Crippen LogP contribution in [-0.2, 0) is 0 Å². The molecule has 1 aromatic rings. The van der Waals surface area contributed by atoms with Crippen molar-refractivity contribution < 1.29 is 4.79 Å². The number of hydrogen-bond acceptors (Lipinski definition) is 3. The van der Waals surface area contributed by atoms with E-state index in [9.17, 15) is 4.79 Å². The summed E-state index contributed by atoms with van der Waals surface area (Å²) in [6.45, 7) is 7.68. The average molecular weight is 264 g/mol. The number of nitrogens with one attached hydrogen (secondary N) is 1. The van der Waals surface area contributed by atoms with Gasteiger partial charge in [0.2, 0.25) is 0 Å². The van der Waals surface area contributed by atoms with Crippen LogP contribution >= 0.6 is 0 Å². The Kier molecular flexibility index (Phi) is 4.24. The second-order valence-corrected chi connectivity index (χ2v) is 5.88. The van der Waals surface area contributed by atoms with Crippen molar-refractivity contribution in [1.82, 2.24) is 15.1 Å². The number of aromatic amines is 1. The van der Waals surface area contributed by atoms with Gasteiger partial charge in [-0.25, -0.2) is 0 Å². The van der Waals surface area contributed by atoms with Gasteiger partial charge in [0.1, 0.15) is 5.69 Å². The summed E-state index contributed by atoms with van der Waals surface area (Å²) in [6, 6.07) is 2.01. The topological polar surface area (TPSA) is 75.0 Å². The number of nitrogens with two attached hydrogens (primary N) is 1. The van der Waals surface area contributed by atoms with Crippen molar-refractivity contribution in [2.24, 2.45) is 11.7 Å². The van der Waals surface area contributed by atoms with E-state index in [2.05, 4.69) is 31.0 Å². The predicted octanol–water partition coefficient (Wildman–Crippen LogP) is 1.73. The van der Waals surface area contributed by atoms with Gasteiger partial charge in [0, 0.05) is 24.8 Å². The highest BCUT2D eigenvalue weighted by Gasteiger charge is 2.30. The molecule has 0 aromatic carbocycles. The maximum Gasteiger partial charge on any atom is 0.274 e. The fraction of sp³-hybridized carbons (Fsp3) is 0.714. The third-order valence-electron chi connectivity index (χ3n) is 3.95. The monoisotopic (exact) mass is 264 g/mol. The van der Waals surface area contributed by atoms with Gasteiger partial charge in [0.25, 0.3) is 5.91 Å². The van der Waals surface area contributed by atoms with Gasteiger partial charge in [-0.3, -0.25) is 9.89 Å². The first-order chi connectivity index (χ1) is 9.02. The molecule has 5 nitrogen and oxygen atoms in total. The molecule has 19 heavy (non-hydrogen) atoms. The molecule has 1 aliphatic heterocycles. The summed E-state index contributed by atoms with van der Waals surface area (Å²) in [5.74, 6) is 0.995. The molecule has 2 rings (SSSR count). The van der Waals surface area contributed by atoms with Crippen LogP contribution in [0, 0.1) is 5.92 Å². The standard InChI is InChI=1S/C14H24N4O/c1-9(2)12-7-13(17-16-12)14(19)18-5-4-10(3)6-11(18)8-15/h7,9-11H,4-6,8,15H2,1-3H3,(H,16,17). The fourth-order valence-corrected chi connectivity index (χ4v) is 2.63. The Morgan fingerprint density at radius 3 is 2.95 bits per heavy atom. The minimum absolute atomic E-state index is 0.00509. The highest BCUT2D eigenvalue weighted by Crippen LogP contribution is 2.23. The van der Waals surface area contributed by atoms with E-state index in [0.29, 0.717) is 24.1 Å². The summed E-state index contributed by atoms with van der Waals surface area (Å²) >= 11 is 0. The molecular formula is C14H24N4O. The summed E-state index contributed by atoms with van der Waals surface area (Å²) in [5, 5.41) is 7.08. The zero-order valence-corrected chi connectivity index (χ0v) is 12.0. The maximum absolute atomic E-state index is 12.5. The van der Waals surface area contributed by atoms with E-state index in [1.165, 1.54) is 0 Å². The summed E-state index contributed by atoms with van der Waals surface area (Å²) in [5.41, 5.74) is 7.31. The van der Waals surface area contributed by atoms with Crippen LogP contribution in [-0.4, -0.2) is 40.1 Å². The van der Waals surface area contributed by atoms with Crippen LogP contribution < -0.4 is 5.73 Å². The largest absolute Gasteiger partial charge is 0.333 e. The van der Waals surface area contributed by atoms with Crippen LogP contribution in [0.5, 0.6) is 0 Å². The van der Waals surface area contributed by atoms with Gasteiger partial charge in [-0.05, 0) is 30.7 Å². The highest BCUT2D eigenvalue weighted by atomic mass is 16.2. The lowest BCUT2D eigenvalue weighted by molar-refractivity contribution is 0.0567. The molecule has 0 aliphatic carbocycles. The molecule has 106 valence electrons. The molecule has 2 unspecified atom stereocenters. The Morgan fingerprint density at radius 1 is 1.63 bits per heavy atom. The molecule has 1 aliphatic rings. The molecule has 3 N–H and O–H groups in total. The van der Waals surface area contributed by atoms with Crippen molar-refractivity contribution in [3.63, 3.8) is 0 Å². The lowest BCUT2D eigenvalue weighted by Gasteiger charge is -2.37. The summed E-state index contributed by atoms with van der Waals surface area (Å²) in [6.07, 6.45) is 2.04. The first-order valence-electron chi connectivity index (χ1n) is 7.09. The van der Waals surface area contributed by atoms with Gasteiger partial charge in [0.15, 0.2) is 0 Å². The van der Waals surface area contributed by atoms with Crippen LogP contribution in [0.3, 0.4) is 0 Å². The van der Waals surface area contributed by atoms with Crippen molar-refractivity contribution in [2.75, 3.05) is 13.1 Å². The number of carbonyl (C=O) groups excluding carboxylic acids is 1. The van der Waals surface area contributed by atoms with Gasteiger partial charge in [-0.1, -0.05) is 20.8 Å². The van der Waals surface area contributed by atoms with Gasteiger partial charge in [-0.2, -0.15) is 5.10 Å². The third kappa shape index (κ3) is 2.97. The predicted molar refractivity (Wildman–Crippen MR) is 75.0 cm³/mol. The first kappa shape index (κ1) is 14.1. The molecule has 1 saturated heterocycles. The van der Waals surface area contributed by atoms with Crippen LogP contribution in [0.25, 0.3) is 0 Å². The number of nitrogens with zero attached hydrogens (tertiary/aromatic N) is 2. The summed E-state index contributed by atoms with van der Waals surface area (Å²) in [4.78, 5) is 14.4. The number of amides is 1. The first-order valence-corrected chi connectivity index (χ1v) is 7.09. The van der Waals surface area contributed by atoms with E-state index in [0.717, 1.165) is 25.1 Å². The van der Waals surface area contributed by atoms with Gasteiger partial charge in [0.05, 0.1) is 0 Å². The van der Waals surface area contributed by atoms with E-state index in [-0.39, 0.29) is 11.9 Å². The average Bonchev–Trinajstić information content (AvgIpc) is 2.87. The minimum atomic E-state index is 0.00509. The Hall–Kier alpha value is -1.36. The van der Waals surface area contributed by atoms with Gasteiger partial charge < -0.3 is 10.6 Å². The van der Waals surface area contributed by atoms with Gasteiger partial charge >= 0.3 is 0 Å². The summed E-state index contributed by atoms with van der Waals surface area (Å²) < 4.78 is 0. The minimum Gasteiger partial charge on any atom is -0.333 e. The molecule has 2 heterocycles. The molecule has 1 aromatic heterocycles. The Labute approximate surface area is 114 Å². The number of likely N-dealkylation sites (tertiary alicyclic amines) is 1. The van der Waals surface area contributed by atoms with Crippen LogP contribution in [0.1, 0.15) is 55.7 Å². The second-order valence-electron chi connectivity index (χ2n) is 5.88. The SMILES string of the molecule is CC1CCN(C(=O)c2cc(C(C)C)[nH]n2)C(CN)C1. The lowest BCUT2D eigenvalue weighted by atomic mass is 9.92. The maximum atomic E-state index is 12.5. The zero-order chi connectivity index (χ0) is 14.0.